The molecule has 3 nitrogen and oxygen atoms in total. The van der Waals surface area contributed by atoms with Gasteiger partial charge < -0.3 is 9.88 Å². The summed E-state index contributed by atoms with van der Waals surface area (Å²) < 4.78 is 2.14. The summed E-state index contributed by atoms with van der Waals surface area (Å²) in [6, 6.07) is 2.08. The van der Waals surface area contributed by atoms with Crippen LogP contribution in [0.4, 0.5) is 0 Å². The van der Waals surface area contributed by atoms with Crippen LogP contribution in [0.1, 0.15) is 32.6 Å². The lowest BCUT2D eigenvalue weighted by atomic mass is 9.85. The monoisotopic (exact) mass is 246 g/mol. The number of aryl methyl sites for hydroxylation is 1. The number of nitrogens with zero attached hydrogens (tertiary/aromatic N) is 1. The fourth-order valence-corrected chi connectivity index (χ4v) is 2.27. The zero-order valence-corrected chi connectivity index (χ0v) is 11.1. The van der Waals surface area contributed by atoms with Crippen molar-refractivity contribution in [2.75, 3.05) is 6.54 Å². The maximum Gasteiger partial charge on any atom is 0.223 e. The van der Waals surface area contributed by atoms with Crippen LogP contribution in [0.5, 0.6) is 0 Å². The maximum absolute atomic E-state index is 11.6. The first-order valence-electron chi connectivity index (χ1n) is 6.80. The standard InChI is InChI=1S/C15H22N2O/c1-3-13-8-11-17(12(13)2)10-5-9-16-15(18)14-6-4-7-14/h3,8,11,14H,2,4-7,9-10H2,1H3,(H,16,18)/b13-3-. The first-order valence-corrected chi connectivity index (χ1v) is 6.80. The van der Waals surface area contributed by atoms with Gasteiger partial charge in [0.1, 0.15) is 0 Å². The molecular weight excluding hydrogens is 224 g/mol. The largest absolute Gasteiger partial charge is 0.356 e. The van der Waals surface area contributed by atoms with E-state index in [9.17, 15) is 4.79 Å². The molecule has 0 saturated heterocycles. The Morgan fingerprint density at radius 3 is 2.94 bits per heavy atom. The van der Waals surface area contributed by atoms with Gasteiger partial charge in [0.15, 0.2) is 0 Å². The van der Waals surface area contributed by atoms with Crippen molar-refractivity contribution in [3.63, 3.8) is 0 Å². The molecule has 1 saturated carbocycles. The molecule has 0 aromatic carbocycles. The van der Waals surface area contributed by atoms with Gasteiger partial charge in [0.2, 0.25) is 5.91 Å². The van der Waals surface area contributed by atoms with E-state index in [1.54, 1.807) is 0 Å². The van der Waals surface area contributed by atoms with Crippen molar-refractivity contribution in [1.29, 1.82) is 0 Å². The van der Waals surface area contributed by atoms with Crippen molar-refractivity contribution in [3.8, 4) is 0 Å². The number of hydrogen-bond donors (Lipinski definition) is 1. The maximum atomic E-state index is 11.6. The van der Waals surface area contributed by atoms with Gasteiger partial charge in [-0.15, -0.1) is 0 Å². The highest BCUT2D eigenvalue weighted by Gasteiger charge is 2.24. The van der Waals surface area contributed by atoms with Crippen LogP contribution in [0.3, 0.4) is 0 Å². The minimum Gasteiger partial charge on any atom is -0.356 e. The van der Waals surface area contributed by atoms with Crippen LogP contribution in [0.25, 0.3) is 12.7 Å². The van der Waals surface area contributed by atoms with Gasteiger partial charge in [0.05, 0.1) is 0 Å². The molecule has 1 aliphatic carbocycles. The molecule has 1 aliphatic rings. The lowest BCUT2D eigenvalue weighted by Gasteiger charge is -2.24. The summed E-state index contributed by atoms with van der Waals surface area (Å²) in [5, 5.41) is 5.26. The molecule has 0 spiro atoms. The zero-order valence-electron chi connectivity index (χ0n) is 11.1. The van der Waals surface area contributed by atoms with Crippen molar-refractivity contribution in [3.05, 3.63) is 22.8 Å². The Morgan fingerprint density at radius 2 is 2.39 bits per heavy atom. The summed E-state index contributed by atoms with van der Waals surface area (Å²) in [4.78, 5) is 11.6. The molecule has 1 amide bonds. The normalized spacial score (nSPS) is 16.6. The van der Waals surface area contributed by atoms with E-state index < -0.39 is 0 Å². The smallest absolute Gasteiger partial charge is 0.223 e. The number of carbonyl (C=O) groups excluding carboxylic acids is 1. The number of aromatic nitrogens is 1. The van der Waals surface area contributed by atoms with Gasteiger partial charge >= 0.3 is 0 Å². The van der Waals surface area contributed by atoms with Crippen molar-refractivity contribution >= 4 is 18.6 Å². The summed E-state index contributed by atoms with van der Waals surface area (Å²) in [6.45, 7) is 7.76. The van der Waals surface area contributed by atoms with Crippen LogP contribution in [0, 0.1) is 5.92 Å². The molecule has 0 unspecified atom stereocenters. The molecule has 0 aliphatic heterocycles. The third kappa shape index (κ3) is 2.84. The van der Waals surface area contributed by atoms with E-state index in [-0.39, 0.29) is 5.91 Å². The van der Waals surface area contributed by atoms with E-state index in [0.29, 0.717) is 5.92 Å². The van der Waals surface area contributed by atoms with Gasteiger partial charge in [0, 0.05) is 30.6 Å². The average Bonchev–Trinajstić information content (AvgIpc) is 2.63. The molecule has 18 heavy (non-hydrogen) atoms. The zero-order chi connectivity index (χ0) is 13.0. The predicted octanol–water partition coefficient (Wildman–Crippen LogP) is 1.01. The number of nitrogens with one attached hydrogen (secondary N) is 1. The fourth-order valence-electron chi connectivity index (χ4n) is 2.27. The van der Waals surface area contributed by atoms with Gasteiger partial charge in [-0.2, -0.15) is 0 Å². The molecule has 0 radical (unpaired) electrons. The molecule has 2 rings (SSSR count). The molecule has 1 N–H and O–H groups in total. The summed E-state index contributed by atoms with van der Waals surface area (Å²) in [5.41, 5.74) is 0. The summed E-state index contributed by atoms with van der Waals surface area (Å²) in [6.07, 6.45) is 8.44. The van der Waals surface area contributed by atoms with E-state index in [2.05, 4.69) is 34.8 Å². The summed E-state index contributed by atoms with van der Waals surface area (Å²) in [7, 11) is 0. The minimum atomic E-state index is 0.242. The highest BCUT2D eigenvalue weighted by molar-refractivity contribution is 5.79. The number of carbonyl (C=O) groups is 1. The second kappa shape index (κ2) is 5.89. The Balaban J connectivity index is 1.73. The molecule has 1 heterocycles. The third-order valence-corrected chi connectivity index (χ3v) is 3.78. The molecule has 1 aromatic rings. The van der Waals surface area contributed by atoms with Crippen LogP contribution in [0.2, 0.25) is 0 Å². The van der Waals surface area contributed by atoms with Gasteiger partial charge in [-0.1, -0.05) is 19.1 Å². The molecule has 1 fully saturated rings. The Bertz CT molecular complexity index is 511. The lowest BCUT2D eigenvalue weighted by molar-refractivity contribution is -0.127. The topological polar surface area (TPSA) is 34.0 Å². The highest BCUT2D eigenvalue weighted by Crippen LogP contribution is 2.25. The van der Waals surface area contributed by atoms with Gasteiger partial charge in [-0.05, 0) is 37.5 Å². The van der Waals surface area contributed by atoms with E-state index in [1.807, 2.05) is 6.92 Å². The van der Waals surface area contributed by atoms with Crippen LogP contribution in [0.15, 0.2) is 12.3 Å². The van der Waals surface area contributed by atoms with E-state index >= 15 is 0 Å². The second-order valence-corrected chi connectivity index (χ2v) is 4.97. The number of hydrogen-bond acceptors (Lipinski definition) is 1. The van der Waals surface area contributed by atoms with Crippen molar-refractivity contribution in [2.24, 2.45) is 5.92 Å². The van der Waals surface area contributed by atoms with Crippen molar-refractivity contribution in [1.82, 2.24) is 9.88 Å². The second-order valence-electron chi connectivity index (χ2n) is 4.97. The Morgan fingerprint density at radius 1 is 1.61 bits per heavy atom. The molecule has 0 atom stereocenters. The highest BCUT2D eigenvalue weighted by atomic mass is 16.1. The molecule has 3 heteroatoms. The first-order chi connectivity index (χ1) is 8.72. The Kier molecular flexibility index (Phi) is 4.24. The summed E-state index contributed by atoms with van der Waals surface area (Å²) in [5.74, 6) is 0.535. The Labute approximate surface area is 108 Å². The van der Waals surface area contributed by atoms with Crippen molar-refractivity contribution < 1.29 is 4.79 Å². The quantitative estimate of drug-likeness (QED) is 0.773. The van der Waals surface area contributed by atoms with E-state index in [4.69, 9.17) is 0 Å². The molecule has 0 bridgehead atoms. The number of rotatable bonds is 5. The van der Waals surface area contributed by atoms with Crippen LogP contribution >= 0.6 is 0 Å². The van der Waals surface area contributed by atoms with E-state index in [0.717, 1.165) is 37.7 Å². The third-order valence-electron chi connectivity index (χ3n) is 3.78. The Hall–Kier alpha value is -1.51. The van der Waals surface area contributed by atoms with Crippen LogP contribution in [-0.4, -0.2) is 17.0 Å². The van der Waals surface area contributed by atoms with Crippen LogP contribution < -0.4 is 15.9 Å². The molecular formula is C15H22N2O. The van der Waals surface area contributed by atoms with Crippen LogP contribution in [-0.2, 0) is 11.3 Å². The summed E-state index contributed by atoms with van der Waals surface area (Å²) >= 11 is 0. The van der Waals surface area contributed by atoms with Gasteiger partial charge in [0.25, 0.3) is 0 Å². The minimum absolute atomic E-state index is 0.242. The predicted molar refractivity (Wildman–Crippen MR) is 74.3 cm³/mol. The van der Waals surface area contributed by atoms with Gasteiger partial charge in [-0.25, -0.2) is 0 Å². The number of amides is 1. The molecule has 98 valence electrons. The lowest BCUT2D eigenvalue weighted by Crippen LogP contribution is -2.35. The SMILES string of the molecule is C=c1/c(=C\C)ccn1CCCNC(=O)C1CCC1. The van der Waals surface area contributed by atoms with Crippen molar-refractivity contribution in [2.45, 2.75) is 39.2 Å². The fraction of sp³-hybridized carbons (Fsp3) is 0.533. The average molecular weight is 246 g/mol. The first kappa shape index (κ1) is 12.9. The molecule has 1 aromatic heterocycles. The van der Waals surface area contributed by atoms with Gasteiger partial charge in [-0.3, -0.25) is 4.79 Å². The van der Waals surface area contributed by atoms with E-state index in [1.165, 1.54) is 11.6 Å².